The number of alkyl halides is 3. The second-order valence-corrected chi connectivity index (χ2v) is 5.22. The van der Waals surface area contributed by atoms with E-state index in [4.69, 9.17) is 4.74 Å². The molecule has 2 rings (SSSR count). The summed E-state index contributed by atoms with van der Waals surface area (Å²) in [5.41, 5.74) is 0.928. The molecule has 0 aromatic heterocycles. The number of ether oxygens (including phenoxy) is 2. The lowest BCUT2D eigenvalue weighted by Crippen LogP contribution is -2.23. The van der Waals surface area contributed by atoms with Crippen LogP contribution in [0.3, 0.4) is 0 Å². The molecule has 0 amide bonds. The average molecular weight is 303 g/mol. The SMILES string of the molecule is CC(NCCC1CCCO1)c1ccc(OC(F)(F)F)cc1. The summed E-state index contributed by atoms with van der Waals surface area (Å²) < 4.78 is 45.6. The predicted octanol–water partition coefficient (Wildman–Crippen LogP) is 3.80. The quantitative estimate of drug-likeness (QED) is 0.867. The highest BCUT2D eigenvalue weighted by Gasteiger charge is 2.31. The zero-order valence-electron chi connectivity index (χ0n) is 12.0. The minimum absolute atomic E-state index is 0.0753. The lowest BCUT2D eigenvalue weighted by atomic mass is 10.1. The van der Waals surface area contributed by atoms with E-state index in [9.17, 15) is 13.2 Å². The molecule has 0 radical (unpaired) electrons. The topological polar surface area (TPSA) is 30.5 Å². The third-order valence-electron chi connectivity index (χ3n) is 3.55. The zero-order valence-corrected chi connectivity index (χ0v) is 12.0. The van der Waals surface area contributed by atoms with Gasteiger partial charge in [0, 0.05) is 12.6 Å². The van der Waals surface area contributed by atoms with Gasteiger partial charge in [-0.3, -0.25) is 0 Å². The van der Waals surface area contributed by atoms with Crippen molar-refractivity contribution in [3.05, 3.63) is 29.8 Å². The van der Waals surface area contributed by atoms with Crippen LogP contribution in [0.2, 0.25) is 0 Å². The molecule has 21 heavy (non-hydrogen) atoms. The Morgan fingerprint density at radius 1 is 1.33 bits per heavy atom. The summed E-state index contributed by atoms with van der Waals surface area (Å²) in [6, 6.07) is 6.03. The first-order valence-corrected chi connectivity index (χ1v) is 7.15. The van der Waals surface area contributed by atoms with Gasteiger partial charge in [-0.15, -0.1) is 13.2 Å². The lowest BCUT2D eigenvalue weighted by molar-refractivity contribution is -0.274. The van der Waals surface area contributed by atoms with E-state index >= 15 is 0 Å². The van der Waals surface area contributed by atoms with Gasteiger partial charge in [-0.2, -0.15) is 0 Å². The van der Waals surface area contributed by atoms with Crippen LogP contribution < -0.4 is 10.1 Å². The third kappa shape index (κ3) is 5.55. The van der Waals surface area contributed by atoms with Gasteiger partial charge in [0.05, 0.1) is 6.10 Å². The highest BCUT2D eigenvalue weighted by atomic mass is 19.4. The van der Waals surface area contributed by atoms with Gasteiger partial charge in [-0.25, -0.2) is 0 Å². The Bertz CT molecular complexity index is 428. The normalized spacial score (nSPS) is 20.5. The van der Waals surface area contributed by atoms with Crippen LogP contribution in [0.4, 0.5) is 13.2 Å². The number of hydrogen-bond donors (Lipinski definition) is 1. The molecule has 1 aliphatic heterocycles. The van der Waals surface area contributed by atoms with Crippen LogP contribution in [-0.2, 0) is 4.74 Å². The van der Waals surface area contributed by atoms with Crippen molar-refractivity contribution in [3.63, 3.8) is 0 Å². The fourth-order valence-electron chi connectivity index (χ4n) is 2.41. The number of halogens is 3. The smallest absolute Gasteiger partial charge is 0.406 e. The summed E-state index contributed by atoms with van der Waals surface area (Å²) in [5, 5.41) is 3.35. The van der Waals surface area contributed by atoms with Crippen LogP contribution in [0.15, 0.2) is 24.3 Å². The van der Waals surface area contributed by atoms with E-state index < -0.39 is 6.36 Å². The first-order chi connectivity index (χ1) is 9.94. The Morgan fingerprint density at radius 3 is 2.62 bits per heavy atom. The van der Waals surface area contributed by atoms with Crippen LogP contribution >= 0.6 is 0 Å². The van der Waals surface area contributed by atoms with Gasteiger partial charge in [0.2, 0.25) is 0 Å². The molecule has 1 heterocycles. The largest absolute Gasteiger partial charge is 0.573 e. The van der Waals surface area contributed by atoms with E-state index in [0.29, 0.717) is 6.10 Å². The third-order valence-corrected chi connectivity index (χ3v) is 3.55. The van der Waals surface area contributed by atoms with E-state index in [1.165, 1.54) is 12.1 Å². The number of nitrogens with one attached hydrogen (secondary N) is 1. The first kappa shape index (κ1) is 16.1. The summed E-state index contributed by atoms with van der Waals surface area (Å²) in [4.78, 5) is 0. The second kappa shape index (κ2) is 7.13. The molecule has 1 aliphatic rings. The van der Waals surface area contributed by atoms with Gasteiger partial charge in [-0.05, 0) is 50.4 Å². The molecular formula is C15H20F3NO2. The van der Waals surface area contributed by atoms with Gasteiger partial charge in [-0.1, -0.05) is 12.1 Å². The van der Waals surface area contributed by atoms with Crippen molar-refractivity contribution in [2.45, 2.75) is 44.7 Å². The summed E-state index contributed by atoms with van der Waals surface area (Å²) in [5.74, 6) is -0.196. The molecule has 0 bridgehead atoms. The lowest BCUT2D eigenvalue weighted by Gasteiger charge is -2.17. The second-order valence-electron chi connectivity index (χ2n) is 5.22. The fourth-order valence-corrected chi connectivity index (χ4v) is 2.41. The molecule has 1 fully saturated rings. The highest BCUT2D eigenvalue weighted by molar-refractivity contribution is 5.29. The maximum absolute atomic E-state index is 12.1. The number of hydrogen-bond acceptors (Lipinski definition) is 3. The molecular weight excluding hydrogens is 283 g/mol. The summed E-state index contributed by atoms with van der Waals surface area (Å²) in [7, 11) is 0. The molecule has 2 atom stereocenters. The van der Waals surface area contributed by atoms with Gasteiger partial charge in [0.25, 0.3) is 0 Å². The number of benzene rings is 1. The summed E-state index contributed by atoms with van der Waals surface area (Å²) in [6.07, 6.45) is -1.11. The minimum atomic E-state index is -4.65. The zero-order chi connectivity index (χ0) is 15.3. The van der Waals surface area contributed by atoms with Crippen molar-refractivity contribution in [1.29, 1.82) is 0 Å². The molecule has 6 heteroatoms. The maximum atomic E-state index is 12.1. The van der Waals surface area contributed by atoms with E-state index in [2.05, 4.69) is 10.1 Å². The summed E-state index contributed by atoms with van der Waals surface area (Å²) in [6.45, 7) is 3.66. The molecule has 2 unspecified atom stereocenters. The maximum Gasteiger partial charge on any atom is 0.573 e. The molecule has 1 aromatic carbocycles. The van der Waals surface area contributed by atoms with Crippen molar-refractivity contribution < 1.29 is 22.6 Å². The molecule has 1 aromatic rings. The average Bonchev–Trinajstić information content (AvgIpc) is 2.91. The Morgan fingerprint density at radius 2 is 2.05 bits per heavy atom. The van der Waals surface area contributed by atoms with Crippen molar-refractivity contribution >= 4 is 0 Å². The van der Waals surface area contributed by atoms with E-state index in [1.54, 1.807) is 12.1 Å². The Balaban J connectivity index is 1.77. The minimum Gasteiger partial charge on any atom is -0.406 e. The van der Waals surface area contributed by atoms with Crippen LogP contribution in [0.5, 0.6) is 5.75 Å². The van der Waals surface area contributed by atoms with Gasteiger partial charge >= 0.3 is 6.36 Å². The first-order valence-electron chi connectivity index (χ1n) is 7.15. The molecule has 118 valence electrons. The molecule has 0 saturated carbocycles. The molecule has 1 N–H and O–H groups in total. The number of rotatable bonds is 6. The van der Waals surface area contributed by atoms with Crippen molar-refractivity contribution in [3.8, 4) is 5.75 Å². The molecule has 0 aliphatic carbocycles. The molecule has 3 nitrogen and oxygen atoms in total. The predicted molar refractivity (Wildman–Crippen MR) is 73.1 cm³/mol. The monoisotopic (exact) mass is 303 g/mol. The Kier molecular flexibility index (Phi) is 5.47. The fraction of sp³-hybridized carbons (Fsp3) is 0.600. The van der Waals surface area contributed by atoms with Crippen LogP contribution in [0.25, 0.3) is 0 Å². The highest BCUT2D eigenvalue weighted by Crippen LogP contribution is 2.24. The van der Waals surface area contributed by atoms with Crippen molar-refractivity contribution in [1.82, 2.24) is 5.32 Å². The Hall–Kier alpha value is -1.27. The van der Waals surface area contributed by atoms with E-state index in [1.807, 2.05) is 6.92 Å². The Labute approximate surface area is 122 Å². The molecule has 0 spiro atoms. The van der Waals surface area contributed by atoms with Crippen molar-refractivity contribution in [2.24, 2.45) is 0 Å². The molecule has 1 saturated heterocycles. The van der Waals surface area contributed by atoms with E-state index in [0.717, 1.165) is 38.0 Å². The van der Waals surface area contributed by atoms with Crippen molar-refractivity contribution in [2.75, 3.05) is 13.2 Å². The van der Waals surface area contributed by atoms with Gasteiger partial charge in [0.1, 0.15) is 5.75 Å². The summed E-state index contributed by atoms with van der Waals surface area (Å²) >= 11 is 0. The van der Waals surface area contributed by atoms with Gasteiger partial charge in [0.15, 0.2) is 0 Å². The van der Waals surface area contributed by atoms with Crippen LogP contribution in [-0.4, -0.2) is 25.6 Å². The van der Waals surface area contributed by atoms with Gasteiger partial charge < -0.3 is 14.8 Å². The van der Waals surface area contributed by atoms with Crippen LogP contribution in [0.1, 0.15) is 37.8 Å². The standard InChI is InChI=1S/C15H20F3NO2/c1-11(19-9-8-13-3-2-10-20-13)12-4-6-14(7-5-12)21-15(16,17)18/h4-7,11,13,19H,2-3,8-10H2,1H3. The van der Waals surface area contributed by atoms with Crippen LogP contribution in [0, 0.1) is 0 Å². The van der Waals surface area contributed by atoms with E-state index in [-0.39, 0.29) is 11.8 Å².